The van der Waals surface area contributed by atoms with Crippen LogP contribution in [-0.2, 0) is 25.6 Å². The summed E-state index contributed by atoms with van der Waals surface area (Å²) in [7, 11) is 1.65. The summed E-state index contributed by atoms with van der Waals surface area (Å²) in [5, 5.41) is 0. The van der Waals surface area contributed by atoms with Crippen LogP contribution in [0.15, 0.2) is 43.0 Å². The van der Waals surface area contributed by atoms with E-state index in [9.17, 15) is 4.79 Å². The van der Waals surface area contributed by atoms with Gasteiger partial charge in [-0.1, -0.05) is 12.1 Å². The van der Waals surface area contributed by atoms with Crippen LogP contribution >= 0.6 is 0 Å². The Bertz CT molecular complexity index is 718. The van der Waals surface area contributed by atoms with E-state index >= 15 is 0 Å². The summed E-state index contributed by atoms with van der Waals surface area (Å²) in [6, 6.07) is 7.90. The molecule has 2 rings (SSSR count). The predicted molar refractivity (Wildman–Crippen MR) is 114 cm³/mol. The molecule has 0 bridgehead atoms. The van der Waals surface area contributed by atoms with E-state index in [1.54, 1.807) is 19.6 Å². The highest BCUT2D eigenvalue weighted by molar-refractivity contribution is 5.69. The van der Waals surface area contributed by atoms with Gasteiger partial charge in [0.2, 0.25) is 0 Å². The number of carbonyl (C=O) groups is 1. The molecule has 3 unspecified atom stereocenters. The van der Waals surface area contributed by atoms with Gasteiger partial charge in [0, 0.05) is 18.8 Å². The molecule has 3 atom stereocenters. The van der Waals surface area contributed by atoms with Crippen molar-refractivity contribution in [1.29, 1.82) is 0 Å². The Kier molecular flexibility index (Phi) is 10.4. The topological polar surface area (TPSA) is 71.8 Å². The number of hydrogen-bond donors (Lipinski definition) is 0. The average Bonchev–Trinajstić information content (AvgIpc) is 3.28. The Morgan fingerprint density at radius 2 is 1.97 bits per heavy atom. The zero-order valence-electron chi connectivity index (χ0n) is 18.5. The summed E-state index contributed by atoms with van der Waals surface area (Å²) in [6.45, 7) is 7.31. The fraction of sp³-hybridized carbons (Fsp3) is 0.565. The number of aromatic nitrogens is 2. The molecule has 0 saturated heterocycles. The Morgan fingerprint density at radius 1 is 1.20 bits per heavy atom. The van der Waals surface area contributed by atoms with Gasteiger partial charge in [0.1, 0.15) is 11.9 Å². The normalized spacial score (nSPS) is 14.1. The molecule has 1 aromatic heterocycles. The van der Waals surface area contributed by atoms with Crippen LogP contribution in [0.25, 0.3) is 0 Å². The van der Waals surface area contributed by atoms with Gasteiger partial charge in [-0.25, -0.2) is 4.98 Å². The molecule has 2 aromatic rings. The summed E-state index contributed by atoms with van der Waals surface area (Å²) in [5.41, 5.74) is 1.08. The summed E-state index contributed by atoms with van der Waals surface area (Å²) in [5.74, 6) is 0.668. The minimum absolute atomic E-state index is 0.0000144. The number of hydrogen-bond acceptors (Lipinski definition) is 6. The maximum absolute atomic E-state index is 11.5. The second-order valence-corrected chi connectivity index (χ2v) is 7.30. The highest BCUT2D eigenvalue weighted by Gasteiger charge is 2.22. The molecule has 0 N–H and O–H groups in total. The Hall–Kier alpha value is -2.38. The van der Waals surface area contributed by atoms with Gasteiger partial charge in [0.25, 0.3) is 0 Å². The molecule has 0 fully saturated rings. The lowest BCUT2D eigenvalue weighted by atomic mass is 10.1. The molecule has 0 aliphatic heterocycles. The number of nitrogens with zero attached hydrogens (tertiary/aromatic N) is 2. The van der Waals surface area contributed by atoms with Crippen molar-refractivity contribution < 1.29 is 23.7 Å². The third kappa shape index (κ3) is 8.16. The minimum Gasteiger partial charge on any atom is -0.497 e. The van der Waals surface area contributed by atoms with Crippen LogP contribution in [0.5, 0.6) is 5.75 Å². The van der Waals surface area contributed by atoms with E-state index in [2.05, 4.69) is 11.9 Å². The van der Waals surface area contributed by atoms with E-state index in [0.29, 0.717) is 26.2 Å². The van der Waals surface area contributed by atoms with E-state index in [4.69, 9.17) is 18.9 Å². The molecule has 0 aliphatic carbocycles. The van der Waals surface area contributed by atoms with Crippen LogP contribution < -0.4 is 4.74 Å². The van der Waals surface area contributed by atoms with Gasteiger partial charge in [-0.2, -0.15) is 0 Å². The number of ether oxygens (including phenoxy) is 4. The lowest BCUT2D eigenvalue weighted by molar-refractivity contribution is -0.143. The summed E-state index contributed by atoms with van der Waals surface area (Å²) < 4.78 is 24.5. The summed E-state index contributed by atoms with van der Waals surface area (Å²) in [6.07, 6.45) is 7.26. The molecule has 30 heavy (non-hydrogen) atoms. The lowest BCUT2D eigenvalue weighted by Gasteiger charge is -2.28. The van der Waals surface area contributed by atoms with Gasteiger partial charge in [-0.05, 0) is 51.3 Å². The first-order valence-electron chi connectivity index (χ1n) is 10.5. The first-order valence-corrected chi connectivity index (χ1v) is 10.5. The molecule has 1 heterocycles. The van der Waals surface area contributed by atoms with Crippen LogP contribution in [0.1, 0.15) is 51.6 Å². The number of esters is 1. The second kappa shape index (κ2) is 13.0. The van der Waals surface area contributed by atoms with Crippen LogP contribution in [0.4, 0.5) is 0 Å². The standard InChI is InChI=1S/C23H34N2O5/c1-5-29-23(26)8-6-7-18(2)30-22(19(3)25-14-13-24-17-25)16-28-15-20-9-11-21(27-4)12-10-20/h9-14,17-19,22H,5-8,15-16H2,1-4H3. The zero-order chi connectivity index (χ0) is 21.8. The largest absolute Gasteiger partial charge is 0.497 e. The summed E-state index contributed by atoms with van der Waals surface area (Å²) >= 11 is 0. The number of methoxy groups -OCH3 is 1. The van der Waals surface area contributed by atoms with Crippen molar-refractivity contribution >= 4 is 5.97 Å². The third-order valence-electron chi connectivity index (χ3n) is 4.95. The number of carbonyl (C=O) groups excluding carboxylic acids is 1. The molecule has 0 radical (unpaired) electrons. The Morgan fingerprint density at radius 3 is 2.60 bits per heavy atom. The first kappa shape index (κ1) is 23.9. The number of benzene rings is 1. The highest BCUT2D eigenvalue weighted by atomic mass is 16.5. The third-order valence-corrected chi connectivity index (χ3v) is 4.95. The number of imidazole rings is 1. The molecule has 0 spiro atoms. The Balaban J connectivity index is 1.87. The van der Waals surface area contributed by atoms with Crippen LogP contribution in [0, 0.1) is 0 Å². The lowest BCUT2D eigenvalue weighted by Crippen LogP contribution is -2.32. The molecule has 7 heteroatoms. The van der Waals surface area contributed by atoms with E-state index in [1.807, 2.05) is 48.9 Å². The second-order valence-electron chi connectivity index (χ2n) is 7.30. The zero-order valence-corrected chi connectivity index (χ0v) is 18.5. The van der Waals surface area contributed by atoms with Crippen molar-refractivity contribution in [1.82, 2.24) is 9.55 Å². The van der Waals surface area contributed by atoms with Gasteiger partial charge in [0.15, 0.2) is 0 Å². The average molecular weight is 419 g/mol. The fourth-order valence-corrected chi connectivity index (χ4v) is 3.14. The maximum Gasteiger partial charge on any atom is 0.305 e. The molecule has 7 nitrogen and oxygen atoms in total. The monoisotopic (exact) mass is 418 g/mol. The SMILES string of the molecule is CCOC(=O)CCCC(C)OC(COCc1ccc(OC)cc1)C(C)n1ccnc1. The van der Waals surface area contributed by atoms with Crippen molar-refractivity contribution in [3.05, 3.63) is 48.5 Å². The van der Waals surface area contributed by atoms with Crippen LogP contribution in [0.3, 0.4) is 0 Å². The molecule has 0 saturated carbocycles. The van der Waals surface area contributed by atoms with Crippen molar-refractivity contribution in [3.8, 4) is 5.75 Å². The molecular formula is C23H34N2O5. The maximum atomic E-state index is 11.5. The van der Waals surface area contributed by atoms with Crippen molar-refractivity contribution in [2.45, 2.75) is 64.9 Å². The molecule has 0 aliphatic rings. The number of rotatable bonds is 14. The van der Waals surface area contributed by atoms with Gasteiger partial charge in [-0.15, -0.1) is 0 Å². The smallest absolute Gasteiger partial charge is 0.305 e. The van der Waals surface area contributed by atoms with Crippen LogP contribution in [-0.4, -0.2) is 48.1 Å². The Labute approximate surface area is 179 Å². The molecule has 0 amide bonds. The quantitative estimate of drug-likeness (QED) is 0.429. The van der Waals surface area contributed by atoms with Crippen LogP contribution in [0.2, 0.25) is 0 Å². The van der Waals surface area contributed by atoms with Crippen molar-refractivity contribution in [2.24, 2.45) is 0 Å². The molecular weight excluding hydrogens is 384 g/mol. The van der Waals surface area contributed by atoms with E-state index < -0.39 is 0 Å². The highest BCUT2D eigenvalue weighted by Crippen LogP contribution is 2.19. The van der Waals surface area contributed by atoms with Gasteiger partial charge >= 0.3 is 5.97 Å². The summed E-state index contributed by atoms with van der Waals surface area (Å²) in [4.78, 5) is 15.7. The van der Waals surface area contributed by atoms with Gasteiger partial charge < -0.3 is 23.5 Å². The van der Waals surface area contributed by atoms with E-state index in [0.717, 1.165) is 24.2 Å². The molecule has 1 aromatic carbocycles. The van der Waals surface area contributed by atoms with E-state index in [1.165, 1.54) is 0 Å². The van der Waals surface area contributed by atoms with Gasteiger partial charge in [-0.3, -0.25) is 4.79 Å². The van der Waals surface area contributed by atoms with Crippen molar-refractivity contribution in [3.63, 3.8) is 0 Å². The van der Waals surface area contributed by atoms with Crippen molar-refractivity contribution in [2.75, 3.05) is 20.3 Å². The predicted octanol–water partition coefficient (Wildman–Crippen LogP) is 4.18. The first-order chi connectivity index (χ1) is 14.5. The van der Waals surface area contributed by atoms with E-state index in [-0.39, 0.29) is 24.2 Å². The molecule has 166 valence electrons. The van der Waals surface area contributed by atoms with Gasteiger partial charge in [0.05, 0.1) is 45.4 Å². The minimum atomic E-state index is -0.157. The fourth-order valence-electron chi connectivity index (χ4n) is 3.14.